The molecule has 0 aromatic heterocycles. The van der Waals surface area contributed by atoms with Gasteiger partial charge in [0.05, 0.1) is 6.54 Å². The van der Waals surface area contributed by atoms with Gasteiger partial charge in [0.1, 0.15) is 0 Å². The van der Waals surface area contributed by atoms with E-state index < -0.39 is 0 Å². The van der Waals surface area contributed by atoms with E-state index in [4.69, 9.17) is 0 Å². The predicted molar refractivity (Wildman–Crippen MR) is 88.0 cm³/mol. The number of carbonyl (C=O) groups is 2. The maximum atomic E-state index is 11.9. The van der Waals surface area contributed by atoms with Crippen LogP contribution in [-0.4, -0.2) is 18.2 Å². The van der Waals surface area contributed by atoms with Crippen molar-refractivity contribution in [2.24, 2.45) is 0 Å². The van der Waals surface area contributed by atoms with Gasteiger partial charge in [-0.3, -0.25) is 9.59 Å². The second kappa shape index (κ2) is 7.41. The van der Waals surface area contributed by atoms with E-state index in [-0.39, 0.29) is 18.2 Å². The van der Waals surface area contributed by atoms with Crippen molar-refractivity contribution >= 4 is 17.4 Å². The van der Waals surface area contributed by atoms with E-state index in [1.54, 1.807) is 18.2 Å². The van der Waals surface area contributed by atoms with Gasteiger partial charge in [-0.15, -0.1) is 0 Å². The third-order valence-electron chi connectivity index (χ3n) is 3.36. The van der Waals surface area contributed by atoms with Gasteiger partial charge in [0, 0.05) is 17.8 Å². The van der Waals surface area contributed by atoms with Crippen LogP contribution in [-0.2, 0) is 11.3 Å². The summed E-state index contributed by atoms with van der Waals surface area (Å²) in [5.74, 6) is -0.137. The fraction of sp³-hybridized carbons (Fsp3) is 0.222. The molecular formula is C18H20N2O2. The molecule has 22 heavy (non-hydrogen) atoms. The van der Waals surface area contributed by atoms with Crippen molar-refractivity contribution in [3.05, 3.63) is 65.2 Å². The molecule has 0 aliphatic carbocycles. The molecule has 4 heteroatoms. The Morgan fingerprint density at radius 2 is 1.68 bits per heavy atom. The summed E-state index contributed by atoms with van der Waals surface area (Å²) in [6.07, 6.45) is 0. The summed E-state index contributed by atoms with van der Waals surface area (Å²) in [6.45, 7) is 4.17. The summed E-state index contributed by atoms with van der Waals surface area (Å²) >= 11 is 0. The molecule has 0 bridgehead atoms. The lowest BCUT2D eigenvalue weighted by Gasteiger charge is -2.10. The third kappa shape index (κ3) is 4.45. The summed E-state index contributed by atoms with van der Waals surface area (Å²) in [5.41, 5.74) is 3.52. The average Bonchev–Trinajstić information content (AvgIpc) is 2.52. The number of hydrogen-bond donors (Lipinski definition) is 2. The first-order chi connectivity index (χ1) is 10.6. The van der Waals surface area contributed by atoms with Gasteiger partial charge in [-0.05, 0) is 31.5 Å². The number of Topliss-reactive ketones (excluding diaryl/α,β-unsaturated/α-hetero) is 1. The number of carbonyl (C=O) groups excluding carboxylic acids is 2. The molecule has 2 aromatic rings. The normalized spacial score (nSPS) is 10.1. The Hall–Kier alpha value is -2.62. The molecule has 114 valence electrons. The van der Waals surface area contributed by atoms with Crippen LogP contribution in [0.25, 0.3) is 0 Å². The van der Waals surface area contributed by atoms with Gasteiger partial charge in [0.25, 0.3) is 0 Å². The van der Waals surface area contributed by atoms with Crippen molar-refractivity contribution in [3.63, 3.8) is 0 Å². The van der Waals surface area contributed by atoms with Gasteiger partial charge in [0.2, 0.25) is 5.91 Å². The molecule has 0 saturated carbocycles. The summed E-state index contributed by atoms with van der Waals surface area (Å²) < 4.78 is 0. The van der Waals surface area contributed by atoms with E-state index in [0.29, 0.717) is 17.8 Å². The second-order valence-electron chi connectivity index (χ2n) is 5.22. The maximum Gasteiger partial charge on any atom is 0.239 e. The number of rotatable bonds is 6. The molecule has 0 aliphatic rings. The van der Waals surface area contributed by atoms with Crippen LogP contribution in [0, 0.1) is 6.92 Å². The molecule has 0 heterocycles. The molecule has 0 aliphatic heterocycles. The van der Waals surface area contributed by atoms with Gasteiger partial charge in [-0.25, -0.2) is 0 Å². The zero-order valence-electron chi connectivity index (χ0n) is 12.8. The van der Waals surface area contributed by atoms with E-state index in [1.165, 1.54) is 12.5 Å². The Bertz CT molecular complexity index is 663. The van der Waals surface area contributed by atoms with Crippen molar-refractivity contribution < 1.29 is 9.59 Å². The van der Waals surface area contributed by atoms with Gasteiger partial charge in [0.15, 0.2) is 5.78 Å². The molecule has 2 aromatic carbocycles. The van der Waals surface area contributed by atoms with Crippen LogP contribution >= 0.6 is 0 Å². The lowest BCUT2D eigenvalue weighted by Crippen LogP contribution is -2.29. The summed E-state index contributed by atoms with van der Waals surface area (Å²) in [7, 11) is 0. The van der Waals surface area contributed by atoms with Crippen LogP contribution in [0.4, 0.5) is 5.69 Å². The number of nitrogens with one attached hydrogen (secondary N) is 2. The topological polar surface area (TPSA) is 58.2 Å². The SMILES string of the molecule is CC(=O)c1ccccc1NCC(=O)NCc1ccc(C)cc1. The molecule has 0 radical (unpaired) electrons. The number of ketones is 1. The molecule has 0 spiro atoms. The zero-order chi connectivity index (χ0) is 15.9. The first-order valence-electron chi connectivity index (χ1n) is 7.22. The molecular weight excluding hydrogens is 276 g/mol. The van der Waals surface area contributed by atoms with Crippen LogP contribution in [0.2, 0.25) is 0 Å². The largest absolute Gasteiger partial charge is 0.376 e. The quantitative estimate of drug-likeness (QED) is 0.806. The first kappa shape index (κ1) is 15.8. The molecule has 2 rings (SSSR count). The first-order valence-corrected chi connectivity index (χ1v) is 7.22. The molecule has 0 fully saturated rings. The number of aryl methyl sites for hydroxylation is 1. The number of anilines is 1. The summed E-state index contributed by atoms with van der Waals surface area (Å²) in [4.78, 5) is 23.4. The molecule has 1 amide bonds. The van der Waals surface area contributed by atoms with Crippen LogP contribution in [0.1, 0.15) is 28.4 Å². The van der Waals surface area contributed by atoms with E-state index in [2.05, 4.69) is 10.6 Å². The lowest BCUT2D eigenvalue weighted by molar-refractivity contribution is -0.119. The van der Waals surface area contributed by atoms with Gasteiger partial charge >= 0.3 is 0 Å². The highest BCUT2D eigenvalue weighted by Gasteiger charge is 2.07. The van der Waals surface area contributed by atoms with Crippen molar-refractivity contribution in [1.29, 1.82) is 0 Å². The minimum atomic E-state index is -0.112. The Morgan fingerprint density at radius 1 is 1.00 bits per heavy atom. The monoisotopic (exact) mass is 296 g/mol. The number of hydrogen-bond acceptors (Lipinski definition) is 3. The number of para-hydroxylation sites is 1. The maximum absolute atomic E-state index is 11.9. The minimum Gasteiger partial charge on any atom is -0.376 e. The molecule has 2 N–H and O–H groups in total. The molecule has 4 nitrogen and oxygen atoms in total. The fourth-order valence-corrected chi connectivity index (χ4v) is 2.09. The Labute approximate surface area is 130 Å². The van der Waals surface area contributed by atoms with Crippen molar-refractivity contribution in [1.82, 2.24) is 5.32 Å². The zero-order valence-corrected chi connectivity index (χ0v) is 12.8. The lowest BCUT2D eigenvalue weighted by atomic mass is 10.1. The van der Waals surface area contributed by atoms with E-state index in [0.717, 1.165) is 5.56 Å². The van der Waals surface area contributed by atoms with Crippen molar-refractivity contribution in [2.45, 2.75) is 20.4 Å². The standard InChI is InChI=1S/C18H20N2O2/c1-13-7-9-15(10-8-13)11-20-18(22)12-19-17-6-4-3-5-16(17)14(2)21/h3-10,19H,11-12H2,1-2H3,(H,20,22). The van der Waals surface area contributed by atoms with E-state index in [9.17, 15) is 9.59 Å². The Kier molecular flexibility index (Phi) is 5.31. The fourth-order valence-electron chi connectivity index (χ4n) is 2.09. The smallest absolute Gasteiger partial charge is 0.239 e. The number of benzene rings is 2. The van der Waals surface area contributed by atoms with Gasteiger partial charge < -0.3 is 10.6 Å². The second-order valence-corrected chi connectivity index (χ2v) is 5.22. The van der Waals surface area contributed by atoms with Gasteiger partial charge in [-0.1, -0.05) is 42.0 Å². The average molecular weight is 296 g/mol. The summed E-state index contributed by atoms with van der Waals surface area (Å²) in [6, 6.07) is 15.2. The van der Waals surface area contributed by atoms with Gasteiger partial charge in [-0.2, -0.15) is 0 Å². The highest BCUT2D eigenvalue weighted by molar-refractivity contribution is 6.00. The Balaban J connectivity index is 1.85. The highest BCUT2D eigenvalue weighted by Crippen LogP contribution is 2.14. The minimum absolute atomic E-state index is 0.0248. The van der Waals surface area contributed by atoms with E-state index in [1.807, 2.05) is 37.3 Å². The highest BCUT2D eigenvalue weighted by atomic mass is 16.2. The van der Waals surface area contributed by atoms with Crippen LogP contribution < -0.4 is 10.6 Å². The predicted octanol–water partition coefficient (Wildman–Crippen LogP) is 2.93. The third-order valence-corrected chi connectivity index (χ3v) is 3.36. The molecule has 0 unspecified atom stereocenters. The molecule has 0 saturated heterocycles. The molecule has 0 atom stereocenters. The Morgan fingerprint density at radius 3 is 2.36 bits per heavy atom. The number of amides is 1. The van der Waals surface area contributed by atoms with Crippen LogP contribution in [0.3, 0.4) is 0 Å². The summed E-state index contributed by atoms with van der Waals surface area (Å²) in [5, 5.41) is 5.86. The van der Waals surface area contributed by atoms with Crippen molar-refractivity contribution in [3.8, 4) is 0 Å². The van der Waals surface area contributed by atoms with Crippen LogP contribution in [0.15, 0.2) is 48.5 Å². The van der Waals surface area contributed by atoms with E-state index >= 15 is 0 Å². The van der Waals surface area contributed by atoms with Crippen LogP contribution in [0.5, 0.6) is 0 Å². The van der Waals surface area contributed by atoms with Crippen molar-refractivity contribution in [2.75, 3.05) is 11.9 Å².